The summed E-state index contributed by atoms with van der Waals surface area (Å²) >= 11 is 1.71. The highest BCUT2D eigenvalue weighted by Gasteiger charge is 2.19. The van der Waals surface area contributed by atoms with Gasteiger partial charge in [0.15, 0.2) is 4.96 Å². The Bertz CT molecular complexity index is 606. The van der Waals surface area contributed by atoms with Gasteiger partial charge in [0.25, 0.3) is 0 Å². The lowest BCUT2D eigenvalue weighted by Gasteiger charge is -2.32. The number of ether oxygens (including phenoxy) is 1. The van der Waals surface area contributed by atoms with Crippen LogP contribution in [0.5, 0.6) is 0 Å². The number of likely N-dealkylation sites (N-methyl/N-ethyl adjacent to an activating group) is 1. The maximum absolute atomic E-state index is 5.83. The zero-order valence-electron chi connectivity index (χ0n) is 13.1. The van der Waals surface area contributed by atoms with E-state index in [1.54, 1.807) is 11.3 Å². The first-order valence-electron chi connectivity index (χ1n) is 7.65. The molecule has 2 aromatic rings. The quantitative estimate of drug-likeness (QED) is 0.915. The number of aryl methyl sites for hydroxylation is 2. The van der Waals surface area contributed by atoms with E-state index < -0.39 is 0 Å². The van der Waals surface area contributed by atoms with E-state index in [-0.39, 0.29) is 0 Å². The molecule has 6 heteroatoms. The minimum atomic E-state index is 0.297. The average Bonchev–Trinajstić information content (AvgIpc) is 3.00. The maximum Gasteiger partial charge on any atom is 0.194 e. The third-order valence-electron chi connectivity index (χ3n) is 4.16. The van der Waals surface area contributed by atoms with Gasteiger partial charge in [-0.15, -0.1) is 11.3 Å². The van der Waals surface area contributed by atoms with Crippen molar-refractivity contribution in [3.05, 3.63) is 22.5 Å². The first kappa shape index (κ1) is 15.0. The molecule has 1 aliphatic heterocycles. The van der Waals surface area contributed by atoms with Gasteiger partial charge in [0.05, 0.1) is 24.1 Å². The molecule has 0 aromatic carbocycles. The number of imidazole rings is 1. The van der Waals surface area contributed by atoms with Crippen LogP contribution in [0.15, 0.2) is 5.38 Å². The molecule has 21 heavy (non-hydrogen) atoms. The van der Waals surface area contributed by atoms with Gasteiger partial charge in [-0.3, -0.25) is 9.30 Å². The number of hydrogen-bond donors (Lipinski definition) is 1. The minimum absolute atomic E-state index is 0.297. The number of nitrogens with one attached hydrogen (secondary N) is 1. The van der Waals surface area contributed by atoms with E-state index in [9.17, 15) is 0 Å². The highest BCUT2D eigenvalue weighted by Crippen LogP contribution is 2.20. The van der Waals surface area contributed by atoms with Gasteiger partial charge in [-0.1, -0.05) is 6.92 Å². The van der Waals surface area contributed by atoms with E-state index in [0.717, 1.165) is 50.0 Å². The van der Waals surface area contributed by atoms with Crippen molar-refractivity contribution >= 4 is 16.3 Å². The van der Waals surface area contributed by atoms with E-state index in [1.807, 2.05) is 0 Å². The molecular weight excluding hydrogens is 284 g/mol. The van der Waals surface area contributed by atoms with Gasteiger partial charge in [0.2, 0.25) is 0 Å². The van der Waals surface area contributed by atoms with E-state index in [1.165, 1.54) is 11.4 Å². The molecule has 0 spiro atoms. The summed E-state index contributed by atoms with van der Waals surface area (Å²) in [5, 5.41) is 5.71. The molecule has 2 aromatic heterocycles. The summed E-state index contributed by atoms with van der Waals surface area (Å²) in [6.07, 6.45) is 0.297. The van der Waals surface area contributed by atoms with Crippen molar-refractivity contribution in [3.63, 3.8) is 0 Å². The molecule has 0 amide bonds. The number of rotatable bonds is 5. The average molecular weight is 308 g/mol. The van der Waals surface area contributed by atoms with Crippen molar-refractivity contribution in [2.45, 2.75) is 33.4 Å². The fraction of sp³-hybridized carbons (Fsp3) is 0.667. The lowest BCUT2D eigenvalue weighted by Crippen LogP contribution is -2.46. The van der Waals surface area contributed by atoms with Crippen molar-refractivity contribution in [2.75, 3.05) is 32.8 Å². The van der Waals surface area contributed by atoms with Gasteiger partial charge in [0, 0.05) is 37.3 Å². The number of fused-ring (bicyclic) bond motifs is 1. The van der Waals surface area contributed by atoms with Gasteiger partial charge >= 0.3 is 0 Å². The number of morpholine rings is 1. The van der Waals surface area contributed by atoms with Crippen molar-refractivity contribution in [1.29, 1.82) is 0 Å². The third-order valence-corrected chi connectivity index (χ3v) is 5.11. The summed E-state index contributed by atoms with van der Waals surface area (Å²) < 4.78 is 8.09. The summed E-state index contributed by atoms with van der Waals surface area (Å²) in [5.41, 5.74) is 3.66. The van der Waals surface area contributed by atoms with Gasteiger partial charge < -0.3 is 10.1 Å². The SMILES string of the molecule is CCN1CCOC(CNCc2c(C)nc3scc(C)n23)C1. The molecule has 1 atom stereocenters. The summed E-state index contributed by atoms with van der Waals surface area (Å²) in [7, 11) is 0. The Morgan fingerprint density at radius 3 is 3.14 bits per heavy atom. The van der Waals surface area contributed by atoms with Crippen LogP contribution in [0.25, 0.3) is 4.96 Å². The van der Waals surface area contributed by atoms with Gasteiger partial charge in [-0.25, -0.2) is 4.98 Å². The number of thiazole rings is 1. The highest BCUT2D eigenvalue weighted by molar-refractivity contribution is 7.15. The van der Waals surface area contributed by atoms with Crippen LogP contribution in [-0.2, 0) is 11.3 Å². The second-order valence-corrected chi connectivity index (χ2v) is 6.49. The van der Waals surface area contributed by atoms with Crippen LogP contribution in [0.2, 0.25) is 0 Å². The number of nitrogens with zero attached hydrogens (tertiary/aromatic N) is 3. The van der Waals surface area contributed by atoms with Crippen molar-refractivity contribution < 1.29 is 4.74 Å². The zero-order chi connectivity index (χ0) is 14.8. The van der Waals surface area contributed by atoms with E-state index in [4.69, 9.17) is 4.74 Å². The Morgan fingerprint density at radius 2 is 2.33 bits per heavy atom. The van der Waals surface area contributed by atoms with E-state index in [0.29, 0.717) is 6.10 Å². The Morgan fingerprint density at radius 1 is 1.48 bits per heavy atom. The molecular formula is C15H24N4OS. The molecule has 0 aliphatic carbocycles. The number of aromatic nitrogens is 2. The molecule has 1 N–H and O–H groups in total. The molecule has 1 saturated heterocycles. The first-order chi connectivity index (χ1) is 10.2. The Balaban J connectivity index is 1.59. The van der Waals surface area contributed by atoms with Crippen LogP contribution in [0.1, 0.15) is 24.0 Å². The Kier molecular flexibility index (Phi) is 4.59. The van der Waals surface area contributed by atoms with Crippen molar-refractivity contribution in [2.24, 2.45) is 0 Å². The van der Waals surface area contributed by atoms with Gasteiger partial charge in [-0.05, 0) is 20.4 Å². The molecule has 1 aliphatic rings. The van der Waals surface area contributed by atoms with E-state index in [2.05, 4.69) is 45.8 Å². The molecule has 0 bridgehead atoms. The number of hydrogen-bond acceptors (Lipinski definition) is 5. The van der Waals surface area contributed by atoms with Crippen molar-refractivity contribution in [1.82, 2.24) is 19.6 Å². The maximum atomic E-state index is 5.83. The highest BCUT2D eigenvalue weighted by atomic mass is 32.1. The molecule has 1 fully saturated rings. The molecule has 5 nitrogen and oxygen atoms in total. The minimum Gasteiger partial charge on any atom is -0.374 e. The Labute approximate surface area is 129 Å². The summed E-state index contributed by atoms with van der Waals surface area (Å²) in [6.45, 7) is 12.2. The van der Waals surface area contributed by atoms with Crippen LogP contribution in [-0.4, -0.2) is 53.2 Å². The summed E-state index contributed by atoms with van der Waals surface area (Å²) in [6, 6.07) is 0. The lowest BCUT2D eigenvalue weighted by atomic mass is 10.2. The van der Waals surface area contributed by atoms with E-state index >= 15 is 0 Å². The van der Waals surface area contributed by atoms with Crippen LogP contribution >= 0.6 is 11.3 Å². The smallest absolute Gasteiger partial charge is 0.194 e. The standard InChI is InChI=1S/C15H24N4OS/c1-4-18-5-6-20-13(9-18)7-16-8-14-12(3)17-15-19(14)11(2)10-21-15/h10,13,16H,4-9H2,1-3H3. The van der Waals surface area contributed by atoms with Crippen molar-refractivity contribution in [3.8, 4) is 0 Å². The third kappa shape index (κ3) is 3.13. The fourth-order valence-electron chi connectivity index (χ4n) is 2.92. The lowest BCUT2D eigenvalue weighted by molar-refractivity contribution is -0.0254. The van der Waals surface area contributed by atoms with Gasteiger partial charge in [0.1, 0.15) is 0 Å². The molecule has 3 rings (SSSR count). The van der Waals surface area contributed by atoms with Crippen LogP contribution < -0.4 is 5.32 Å². The topological polar surface area (TPSA) is 41.8 Å². The predicted octanol–water partition coefficient (Wildman–Crippen LogP) is 1.82. The molecule has 0 saturated carbocycles. The van der Waals surface area contributed by atoms with Crippen LogP contribution in [0.3, 0.4) is 0 Å². The molecule has 1 unspecified atom stereocenters. The summed E-state index contributed by atoms with van der Waals surface area (Å²) in [4.78, 5) is 8.16. The second-order valence-electron chi connectivity index (χ2n) is 5.66. The Hall–Kier alpha value is -0.950. The van der Waals surface area contributed by atoms with Crippen LogP contribution in [0.4, 0.5) is 0 Å². The van der Waals surface area contributed by atoms with Crippen LogP contribution in [0, 0.1) is 13.8 Å². The normalized spacial score (nSPS) is 20.4. The fourth-order valence-corrected chi connectivity index (χ4v) is 3.85. The summed E-state index contributed by atoms with van der Waals surface area (Å²) in [5.74, 6) is 0. The molecule has 0 radical (unpaired) electrons. The zero-order valence-corrected chi connectivity index (χ0v) is 13.9. The monoisotopic (exact) mass is 308 g/mol. The second kappa shape index (κ2) is 6.44. The van der Waals surface area contributed by atoms with Gasteiger partial charge in [-0.2, -0.15) is 0 Å². The first-order valence-corrected chi connectivity index (χ1v) is 8.53. The predicted molar refractivity (Wildman–Crippen MR) is 86.1 cm³/mol. The molecule has 3 heterocycles. The molecule has 116 valence electrons. The largest absolute Gasteiger partial charge is 0.374 e.